The minimum atomic E-state index is -0.0418. The van der Waals surface area contributed by atoms with Crippen molar-refractivity contribution in [2.24, 2.45) is 0 Å². The zero-order valence-corrected chi connectivity index (χ0v) is 15.4. The fourth-order valence-corrected chi connectivity index (χ4v) is 3.03. The summed E-state index contributed by atoms with van der Waals surface area (Å²) < 4.78 is 10.6. The Morgan fingerprint density at radius 2 is 0.708 bits per heavy atom. The van der Waals surface area contributed by atoms with Crippen LogP contribution in [-0.2, 0) is 19.1 Å². The lowest BCUT2D eigenvalue weighted by atomic mass is 10.1. The van der Waals surface area contributed by atoms with Gasteiger partial charge in [-0.25, -0.2) is 0 Å². The topological polar surface area (TPSA) is 52.6 Å². The number of carbonyl (C=O) groups is 2. The molecular weight excluding hydrogens is 304 g/mol. The van der Waals surface area contributed by atoms with Gasteiger partial charge in [-0.15, -0.1) is 0 Å². The second-order valence-corrected chi connectivity index (χ2v) is 6.89. The number of hydrogen-bond donors (Lipinski definition) is 0. The van der Waals surface area contributed by atoms with Crippen LogP contribution < -0.4 is 0 Å². The number of esters is 2. The van der Waals surface area contributed by atoms with Crippen molar-refractivity contribution < 1.29 is 19.1 Å². The lowest BCUT2D eigenvalue weighted by molar-refractivity contribution is -0.144. The molecule has 0 aromatic heterocycles. The first kappa shape index (κ1) is 21.0. The highest BCUT2D eigenvalue weighted by Crippen LogP contribution is 2.12. The normalized spacial score (nSPS) is 22.5. The third kappa shape index (κ3) is 13.4. The van der Waals surface area contributed by atoms with Crippen LogP contribution in [0.5, 0.6) is 0 Å². The molecule has 0 atom stereocenters. The van der Waals surface area contributed by atoms with Gasteiger partial charge < -0.3 is 9.47 Å². The Bertz CT molecular complexity index is 296. The average molecular weight is 341 g/mol. The summed E-state index contributed by atoms with van der Waals surface area (Å²) in [5.74, 6) is -0.0835. The number of rotatable bonds is 0. The van der Waals surface area contributed by atoms with Crippen LogP contribution in [0.15, 0.2) is 0 Å². The molecule has 4 nitrogen and oxygen atoms in total. The van der Waals surface area contributed by atoms with Crippen molar-refractivity contribution >= 4 is 11.9 Å². The highest BCUT2D eigenvalue weighted by atomic mass is 16.5. The van der Waals surface area contributed by atoms with Crippen molar-refractivity contribution in [3.63, 3.8) is 0 Å². The van der Waals surface area contributed by atoms with E-state index in [9.17, 15) is 9.59 Å². The molecular formula is C20H36O4. The minimum absolute atomic E-state index is 0.0418. The summed E-state index contributed by atoms with van der Waals surface area (Å²) in [5.41, 5.74) is 0. The second-order valence-electron chi connectivity index (χ2n) is 6.89. The zero-order valence-electron chi connectivity index (χ0n) is 15.4. The third-order valence-corrected chi connectivity index (χ3v) is 4.58. The molecule has 0 bridgehead atoms. The van der Waals surface area contributed by atoms with Gasteiger partial charge >= 0.3 is 11.9 Å². The molecule has 1 heterocycles. The van der Waals surface area contributed by atoms with Crippen molar-refractivity contribution in [3.8, 4) is 0 Å². The fraction of sp³-hybridized carbons (Fsp3) is 0.900. The van der Waals surface area contributed by atoms with Gasteiger partial charge in [0.1, 0.15) is 0 Å². The lowest BCUT2D eigenvalue weighted by Gasteiger charge is -2.07. The maximum absolute atomic E-state index is 11.6. The Hall–Kier alpha value is -1.06. The Kier molecular flexibility index (Phi) is 13.5. The molecule has 4 heteroatoms. The summed E-state index contributed by atoms with van der Waals surface area (Å²) in [5, 5.41) is 0. The van der Waals surface area contributed by atoms with Crippen LogP contribution in [0, 0.1) is 0 Å². The Morgan fingerprint density at radius 3 is 1.08 bits per heavy atom. The summed E-state index contributed by atoms with van der Waals surface area (Å²) >= 11 is 0. The Labute approximate surface area is 147 Å². The molecule has 0 aromatic carbocycles. The van der Waals surface area contributed by atoms with Crippen molar-refractivity contribution in [2.45, 2.75) is 103 Å². The summed E-state index contributed by atoms with van der Waals surface area (Å²) in [4.78, 5) is 23.2. The number of ether oxygens (including phenoxy) is 2. The van der Waals surface area contributed by atoms with Crippen LogP contribution in [0.25, 0.3) is 0 Å². The molecule has 0 amide bonds. The first-order valence-electron chi connectivity index (χ1n) is 10.1. The maximum Gasteiger partial charge on any atom is 0.305 e. The molecule has 1 aliphatic heterocycles. The average Bonchev–Trinajstić information content (AvgIpc) is 2.57. The molecule has 0 radical (unpaired) electrons. The fourth-order valence-electron chi connectivity index (χ4n) is 3.03. The van der Waals surface area contributed by atoms with Gasteiger partial charge in [-0.3, -0.25) is 9.59 Å². The molecule has 140 valence electrons. The second kappa shape index (κ2) is 15.5. The number of carbonyl (C=O) groups excluding carboxylic acids is 2. The first-order valence-corrected chi connectivity index (χ1v) is 10.1. The number of cyclic esters (lactones) is 2. The SMILES string of the molecule is O=C1CCCCCCCCC(=O)OCCCCCCCCCCO1. The number of hydrogen-bond acceptors (Lipinski definition) is 4. The van der Waals surface area contributed by atoms with Crippen LogP contribution in [0.2, 0.25) is 0 Å². The molecule has 1 aliphatic rings. The highest BCUT2D eigenvalue weighted by molar-refractivity contribution is 5.69. The van der Waals surface area contributed by atoms with Crippen LogP contribution in [0.3, 0.4) is 0 Å². The molecule has 24 heavy (non-hydrogen) atoms. The zero-order chi connectivity index (χ0) is 17.3. The van der Waals surface area contributed by atoms with E-state index in [1.807, 2.05) is 0 Å². The van der Waals surface area contributed by atoms with E-state index in [0.29, 0.717) is 26.1 Å². The molecule has 0 saturated carbocycles. The van der Waals surface area contributed by atoms with Gasteiger partial charge in [0.05, 0.1) is 13.2 Å². The highest BCUT2D eigenvalue weighted by Gasteiger charge is 2.04. The molecule has 0 aliphatic carbocycles. The van der Waals surface area contributed by atoms with E-state index in [1.165, 1.54) is 25.7 Å². The maximum atomic E-state index is 11.6. The predicted octanol–water partition coefficient (Wildman–Crippen LogP) is 5.33. The van der Waals surface area contributed by atoms with Gasteiger partial charge in [0.2, 0.25) is 0 Å². The van der Waals surface area contributed by atoms with E-state index < -0.39 is 0 Å². The summed E-state index contributed by atoms with van der Waals surface area (Å²) in [7, 11) is 0. The molecule has 1 saturated heterocycles. The van der Waals surface area contributed by atoms with Gasteiger partial charge in [0, 0.05) is 12.8 Å². The summed E-state index contributed by atoms with van der Waals surface area (Å²) in [6.07, 6.45) is 16.5. The van der Waals surface area contributed by atoms with Crippen LogP contribution in [-0.4, -0.2) is 25.2 Å². The van der Waals surface area contributed by atoms with Gasteiger partial charge in [0.25, 0.3) is 0 Å². The van der Waals surface area contributed by atoms with E-state index in [4.69, 9.17) is 9.47 Å². The first-order chi connectivity index (χ1) is 11.8. The van der Waals surface area contributed by atoms with Crippen LogP contribution >= 0.6 is 0 Å². The van der Waals surface area contributed by atoms with E-state index in [-0.39, 0.29) is 11.9 Å². The van der Waals surface area contributed by atoms with Gasteiger partial charge in [-0.05, 0) is 25.7 Å². The van der Waals surface area contributed by atoms with E-state index in [0.717, 1.165) is 64.2 Å². The quantitative estimate of drug-likeness (QED) is 0.559. The van der Waals surface area contributed by atoms with E-state index >= 15 is 0 Å². The largest absolute Gasteiger partial charge is 0.466 e. The van der Waals surface area contributed by atoms with Gasteiger partial charge in [-0.1, -0.05) is 64.2 Å². The molecule has 0 N–H and O–H groups in total. The molecule has 1 fully saturated rings. The Morgan fingerprint density at radius 1 is 0.417 bits per heavy atom. The van der Waals surface area contributed by atoms with Crippen LogP contribution in [0.4, 0.5) is 0 Å². The van der Waals surface area contributed by atoms with Crippen molar-refractivity contribution in [1.82, 2.24) is 0 Å². The van der Waals surface area contributed by atoms with Gasteiger partial charge in [-0.2, -0.15) is 0 Å². The lowest BCUT2D eigenvalue weighted by Crippen LogP contribution is -2.06. The summed E-state index contributed by atoms with van der Waals surface area (Å²) in [6.45, 7) is 1.18. The third-order valence-electron chi connectivity index (χ3n) is 4.58. The van der Waals surface area contributed by atoms with Crippen molar-refractivity contribution in [2.75, 3.05) is 13.2 Å². The smallest absolute Gasteiger partial charge is 0.305 e. The molecule has 0 aromatic rings. The van der Waals surface area contributed by atoms with E-state index in [1.54, 1.807) is 0 Å². The minimum Gasteiger partial charge on any atom is -0.466 e. The molecule has 1 rings (SSSR count). The van der Waals surface area contributed by atoms with Gasteiger partial charge in [0.15, 0.2) is 0 Å². The van der Waals surface area contributed by atoms with Crippen molar-refractivity contribution in [1.29, 1.82) is 0 Å². The van der Waals surface area contributed by atoms with Crippen LogP contribution in [0.1, 0.15) is 103 Å². The molecule has 0 unspecified atom stereocenters. The standard InChI is InChI=1S/C20H36O4/c21-19-15-11-7-3-4-8-12-16-20(22)24-18-14-10-6-2-1-5-9-13-17-23-19/h1-18H2. The summed E-state index contributed by atoms with van der Waals surface area (Å²) in [6, 6.07) is 0. The van der Waals surface area contributed by atoms with Crippen molar-refractivity contribution in [3.05, 3.63) is 0 Å². The van der Waals surface area contributed by atoms with E-state index in [2.05, 4.69) is 0 Å². The Balaban J connectivity index is 2.16. The molecule has 0 spiro atoms. The predicted molar refractivity (Wildman–Crippen MR) is 95.8 cm³/mol. The monoisotopic (exact) mass is 340 g/mol.